The number of rotatable bonds is 3. The maximum absolute atomic E-state index is 10.2. The van der Waals surface area contributed by atoms with E-state index in [1.54, 1.807) is 6.92 Å². The van der Waals surface area contributed by atoms with E-state index in [1.807, 2.05) is 35.4 Å². The molecule has 0 N–H and O–H groups in total. The fourth-order valence-corrected chi connectivity index (χ4v) is 3.08. The quantitative estimate of drug-likeness (QED) is 0.669. The molecule has 0 atom stereocenters. The highest BCUT2D eigenvalue weighted by Gasteiger charge is 1.96. The van der Waals surface area contributed by atoms with Crippen LogP contribution in [0.15, 0.2) is 0 Å². The molecule has 1 rings (SSSR count). The lowest BCUT2D eigenvalue weighted by Gasteiger charge is -1.86. The maximum atomic E-state index is 10.2. The van der Waals surface area contributed by atoms with Gasteiger partial charge in [-0.05, 0) is 19.8 Å². The SMILES string of the molecule is C1CSSC1.CC.CCCCC(C)=O. The molecule has 0 saturated carbocycles. The lowest BCUT2D eigenvalue weighted by Crippen LogP contribution is -1.86. The zero-order valence-electron chi connectivity index (χ0n) is 9.97. The largest absolute Gasteiger partial charge is 0.300 e. The van der Waals surface area contributed by atoms with Crippen LogP contribution in [0.1, 0.15) is 53.4 Å². The normalized spacial score (nSPS) is 13.4. The average Bonchev–Trinajstić information content (AvgIpc) is 2.76. The van der Waals surface area contributed by atoms with Crippen LogP contribution < -0.4 is 0 Å². The van der Waals surface area contributed by atoms with Crippen molar-refractivity contribution in [3.05, 3.63) is 0 Å². The van der Waals surface area contributed by atoms with Crippen LogP contribution in [-0.2, 0) is 4.79 Å². The minimum atomic E-state index is 0.307. The molecule has 0 aromatic heterocycles. The summed E-state index contributed by atoms with van der Waals surface area (Å²) in [5.41, 5.74) is 0. The lowest BCUT2D eigenvalue weighted by atomic mass is 10.2. The summed E-state index contributed by atoms with van der Waals surface area (Å²) in [4.78, 5) is 10.2. The fourth-order valence-electron chi connectivity index (χ4n) is 0.720. The van der Waals surface area contributed by atoms with E-state index in [2.05, 4.69) is 6.92 Å². The molecular weight excluding hydrogens is 212 g/mol. The Morgan fingerprint density at radius 1 is 1.21 bits per heavy atom. The average molecular weight is 236 g/mol. The molecule has 1 heterocycles. The molecule has 0 aromatic rings. The third-order valence-electron chi connectivity index (χ3n) is 1.42. The van der Waals surface area contributed by atoms with Gasteiger partial charge in [0.05, 0.1) is 0 Å². The Kier molecular flexibility index (Phi) is 19.0. The van der Waals surface area contributed by atoms with Gasteiger partial charge in [0.15, 0.2) is 0 Å². The molecule has 0 aromatic carbocycles. The van der Waals surface area contributed by atoms with Crippen molar-refractivity contribution in [2.24, 2.45) is 0 Å². The van der Waals surface area contributed by atoms with Gasteiger partial charge in [-0.15, -0.1) is 0 Å². The van der Waals surface area contributed by atoms with Crippen molar-refractivity contribution in [1.82, 2.24) is 0 Å². The zero-order valence-corrected chi connectivity index (χ0v) is 11.6. The lowest BCUT2D eigenvalue weighted by molar-refractivity contribution is -0.117. The van der Waals surface area contributed by atoms with Gasteiger partial charge in [0.1, 0.15) is 5.78 Å². The summed E-state index contributed by atoms with van der Waals surface area (Å²) < 4.78 is 0. The number of carbonyl (C=O) groups is 1. The summed E-state index contributed by atoms with van der Waals surface area (Å²) in [5, 5.41) is 0. The second kappa shape index (κ2) is 15.8. The Balaban J connectivity index is 0. The van der Waals surface area contributed by atoms with Crippen molar-refractivity contribution < 1.29 is 4.79 Å². The molecule has 1 fully saturated rings. The van der Waals surface area contributed by atoms with E-state index < -0.39 is 0 Å². The second-order valence-electron chi connectivity index (χ2n) is 2.80. The van der Waals surface area contributed by atoms with E-state index in [-0.39, 0.29) is 0 Å². The van der Waals surface area contributed by atoms with Crippen LogP contribution in [0.5, 0.6) is 0 Å². The van der Waals surface area contributed by atoms with Crippen LogP contribution >= 0.6 is 21.6 Å². The molecule has 1 aliphatic rings. The summed E-state index contributed by atoms with van der Waals surface area (Å²) in [6.07, 6.45) is 4.36. The first-order valence-electron chi connectivity index (χ1n) is 5.51. The molecule has 0 aliphatic carbocycles. The van der Waals surface area contributed by atoms with Crippen LogP contribution in [0.25, 0.3) is 0 Å². The van der Waals surface area contributed by atoms with E-state index in [4.69, 9.17) is 0 Å². The highest BCUT2D eigenvalue weighted by Crippen LogP contribution is 2.29. The summed E-state index contributed by atoms with van der Waals surface area (Å²) in [6.45, 7) is 7.72. The number of hydrogen-bond donors (Lipinski definition) is 0. The second-order valence-corrected chi connectivity index (χ2v) is 5.51. The summed E-state index contributed by atoms with van der Waals surface area (Å²) in [7, 11) is 3.98. The summed E-state index contributed by atoms with van der Waals surface area (Å²) in [5.74, 6) is 3.07. The van der Waals surface area contributed by atoms with Crippen LogP contribution in [0, 0.1) is 0 Å². The number of Topliss-reactive ketones (excluding diaryl/α,β-unsaturated/α-hetero) is 1. The van der Waals surface area contributed by atoms with E-state index in [9.17, 15) is 4.79 Å². The van der Waals surface area contributed by atoms with Crippen LogP contribution in [0.2, 0.25) is 0 Å². The predicted molar refractivity (Wildman–Crippen MR) is 71.1 cm³/mol. The molecule has 0 unspecified atom stereocenters. The molecule has 0 radical (unpaired) electrons. The van der Waals surface area contributed by atoms with E-state index in [1.165, 1.54) is 17.9 Å². The van der Waals surface area contributed by atoms with Crippen molar-refractivity contribution in [3.63, 3.8) is 0 Å². The molecule has 14 heavy (non-hydrogen) atoms. The van der Waals surface area contributed by atoms with Crippen LogP contribution in [0.3, 0.4) is 0 Å². The minimum Gasteiger partial charge on any atom is -0.300 e. The smallest absolute Gasteiger partial charge is 0.129 e. The van der Waals surface area contributed by atoms with E-state index in [0.29, 0.717) is 5.78 Å². The minimum absolute atomic E-state index is 0.307. The molecule has 86 valence electrons. The third kappa shape index (κ3) is 18.2. The third-order valence-corrected chi connectivity index (χ3v) is 4.00. The Morgan fingerprint density at radius 3 is 1.86 bits per heavy atom. The molecule has 1 nitrogen and oxygen atoms in total. The van der Waals surface area contributed by atoms with Crippen molar-refractivity contribution in [2.45, 2.75) is 53.4 Å². The van der Waals surface area contributed by atoms with Gasteiger partial charge in [0.2, 0.25) is 0 Å². The molecule has 1 aliphatic heterocycles. The molecule has 0 spiro atoms. The number of unbranched alkanes of at least 4 members (excludes halogenated alkanes) is 1. The number of ketones is 1. The highest BCUT2D eigenvalue weighted by atomic mass is 33.1. The monoisotopic (exact) mass is 236 g/mol. The molecular formula is C11H24OS2. The Hall–Kier alpha value is 0.370. The van der Waals surface area contributed by atoms with Crippen molar-refractivity contribution in [3.8, 4) is 0 Å². The van der Waals surface area contributed by atoms with E-state index >= 15 is 0 Å². The first kappa shape index (κ1) is 16.8. The first-order chi connectivity index (χ1) is 6.77. The number of hydrogen-bond acceptors (Lipinski definition) is 3. The van der Waals surface area contributed by atoms with Crippen molar-refractivity contribution in [2.75, 3.05) is 11.5 Å². The zero-order chi connectivity index (χ0) is 11.2. The number of carbonyl (C=O) groups excluding carboxylic acids is 1. The standard InChI is InChI=1S/C6H12O.C3H6S2.C2H6/c1-3-4-5-6(2)7;1-2-4-5-3-1;1-2/h3-5H2,1-2H3;1-3H2;1-2H3. The van der Waals surface area contributed by atoms with Gasteiger partial charge in [-0.1, -0.05) is 48.8 Å². The van der Waals surface area contributed by atoms with Crippen molar-refractivity contribution >= 4 is 27.4 Å². The molecule has 0 amide bonds. The maximum Gasteiger partial charge on any atom is 0.129 e. The van der Waals surface area contributed by atoms with E-state index in [0.717, 1.165) is 19.3 Å². The van der Waals surface area contributed by atoms with Crippen LogP contribution in [0.4, 0.5) is 0 Å². The van der Waals surface area contributed by atoms with Crippen LogP contribution in [-0.4, -0.2) is 17.3 Å². The topological polar surface area (TPSA) is 17.1 Å². The predicted octanol–water partition coefficient (Wildman–Crippen LogP) is 4.56. The molecule has 1 saturated heterocycles. The molecule has 0 bridgehead atoms. The Morgan fingerprint density at radius 2 is 1.71 bits per heavy atom. The van der Waals surface area contributed by atoms with Gasteiger partial charge in [-0.25, -0.2) is 0 Å². The fraction of sp³-hybridized carbons (Fsp3) is 0.909. The van der Waals surface area contributed by atoms with Gasteiger partial charge in [-0.3, -0.25) is 0 Å². The van der Waals surface area contributed by atoms with Gasteiger partial charge in [0, 0.05) is 17.9 Å². The van der Waals surface area contributed by atoms with Gasteiger partial charge in [-0.2, -0.15) is 0 Å². The Labute approximate surface area is 97.2 Å². The van der Waals surface area contributed by atoms with Gasteiger partial charge >= 0.3 is 0 Å². The Bertz CT molecular complexity index is 104. The first-order valence-corrected chi connectivity index (χ1v) is 8.00. The highest BCUT2D eigenvalue weighted by molar-refractivity contribution is 8.77. The molecule has 3 heteroatoms. The summed E-state index contributed by atoms with van der Waals surface area (Å²) >= 11 is 0. The van der Waals surface area contributed by atoms with Crippen molar-refractivity contribution in [1.29, 1.82) is 0 Å². The van der Waals surface area contributed by atoms with Gasteiger partial charge in [0.25, 0.3) is 0 Å². The van der Waals surface area contributed by atoms with Gasteiger partial charge < -0.3 is 4.79 Å². The summed E-state index contributed by atoms with van der Waals surface area (Å²) in [6, 6.07) is 0.